The van der Waals surface area contributed by atoms with Crippen molar-refractivity contribution in [2.24, 2.45) is 0 Å². The van der Waals surface area contributed by atoms with Gasteiger partial charge in [0.2, 0.25) is 0 Å². The van der Waals surface area contributed by atoms with Gasteiger partial charge in [-0.2, -0.15) is 10.5 Å². The maximum atomic E-state index is 11.3. The number of furan rings is 1. The minimum absolute atomic E-state index is 0.279. The van der Waals surface area contributed by atoms with Crippen LogP contribution in [0.2, 0.25) is 0 Å². The molecule has 56 heavy (non-hydrogen) atoms. The summed E-state index contributed by atoms with van der Waals surface area (Å²) in [6.07, 6.45) is 0. The number of hydrogen-bond donors (Lipinski definition) is 0. The Morgan fingerprint density at radius 2 is 1.14 bits per heavy atom. The van der Waals surface area contributed by atoms with Gasteiger partial charge in [0.25, 0.3) is 0 Å². The van der Waals surface area contributed by atoms with Crippen molar-refractivity contribution in [1.82, 2.24) is 4.57 Å². The van der Waals surface area contributed by atoms with Crippen molar-refractivity contribution in [2.45, 2.75) is 5.92 Å². The van der Waals surface area contributed by atoms with Crippen molar-refractivity contribution < 1.29 is 4.42 Å². The molecule has 5 nitrogen and oxygen atoms in total. The largest absolute Gasteiger partial charge is 0.455 e. The predicted molar refractivity (Wildman–Crippen MR) is 225 cm³/mol. The van der Waals surface area contributed by atoms with Gasteiger partial charge in [-0.3, -0.25) is 0 Å². The molecule has 0 bridgehead atoms. The third kappa shape index (κ3) is 4.53. The van der Waals surface area contributed by atoms with E-state index in [0.717, 1.165) is 94.3 Å². The van der Waals surface area contributed by atoms with Crippen LogP contribution in [0.5, 0.6) is 0 Å². The van der Waals surface area contributed by atoms with Gasteiger partial charge in [-0.1, -0.05) is 103 Å². The first-order valence-electron chi connectivity index (χ1n) is 18.7. The smallest absolute Gasteiger partial charge is 0.145 e. The third-order valence-corrected chi connectivity index (χ3v) is 11.4. The van der Waals surface area contributed by atoms with Gasteiger partial charge < -0.3 is 13.9 Å². The van der Waals surface area contributed by atoms with Crippen molar-refractivity contribution in [3.63, 3.8) is 0 Å². The highest BCUT2D eigenvalue weighted by Gasteiger charge is 2.34. The van der Waals surface area contributed by atoms with Gasteiger partial charge in [-0.25, -0.2) is 0 Å². The van der Waals surface area contributed by atoms with Crippen LogP contribution in [-0.4, -0.2) is 4.57 Å². The van der Waals surface area contributed by atoms with Crippen LogP contribution in [0.25, 0.3) is 60.6 Å². The Bertz CT molecular complexity index is 3200. The number of aromatic nitrogens is 1. The quantitative estimate of drug-likeness (QED) is 0.178. The molecule has 0 unspecified atom stereocenters. The van der Waals surface area contributed by atoms with Crippen LogP contribution in [0.15, 0.2) is 180 Å². The minimum Gasteiger partial charge on any atom is -0.455 e. The summed E-state index contributed by atoms with van der Waals surface area (Å²) in [5.41, 5.74) is 13.4. The molecular weight excluding hydrogens is 685 g/mol. The summed E-state index contributed by atoms with van der Waals surface area (Å²) < 4.78 is 8.92. The van der Waals surface area contributed by atoms with Crippen molar-refractivity contribution in [3.05, 3.63) is 204 Å². The first kappa shape index (κ1) is 31.6. The van der Waals surface area contributed by atoms with E-state index in [9.17, 15) is 10.5 Å². The predicted octanol–water partition coefficient (Wildman–Crippen LogP) is 13.1. The highest BCUT2D eigenvalue weighted by atomic mass is 16.3. The van der Waals surface area contributed by atoms with Crippen LogP contribution >= 0.6 is 0 Å². The molecule has 1 aliphatic rings. The molecule has 2 heterocycles. The van der Waals surface area contributed by atoms with Crippen LogP contribution in [0.1, 0.15) is 33.7 Å². The zero-order valence-corrected chi connectivity index (χ0v) is 30.0. The summed E-state index contributed by atoms with van der Waals surface area (Å²) in [4.78, 5) is 2.26. The van der Waals surface area contributed by atoms with E-state index in [1.165, 1.54) is 0 Å². The van der Waals surface area contributed by atoms with Crippen LogP contribution < -0.4 is 4.90 Å². The molecular formula is C51H30N4O. The number of benzene rings is 8. The normalized spacial score (nSPS) is 12.2. The maximum Gasteiger partial charge on any atom is 0.145 e. The molecule has 8 aromatic carbocycles. The zero-order chi connectivity index (χ0) is 37.3. The van der Waals surface area contributed by atoms with Gasteiger partial charge in [0, 0.05) is 44.7 Å². The number of nitrogens with zero attached hydrogens (tertiary/aromatic N) is 4. The molecule has 0 saturated heterocycles. The number of rotatable bonds is 5. The third-order valence-electron chi connectivity index (χ3n) is 11.4. The second-order valence-electron chi connectivity index (χ2n) is 14.2. The first-order chi connectivity index (χ1) is 27.7. The minimum atomic E-state index is -0.279. The monoisotopic (exact) mass is 714 g/mol. The number of anilines is 3. The lowest BCUT2D eigenvalue weighted by Crippen LogP contribution is -2.10. The maximum absolute atomic E-state index is 11.3. The van der Waals surface area contributed by atoms with E-state index in [1.807, 2.05) is 66.7 Å². The fourth-order valence-electron chi connectivity index (χ4n) is 9.05. The molecule has 0 N–H and O–H groups in total. The fraction of sp³-hybridized carbons (Fsp3) is 0.0196. The van der Waals surface area contributed by atoms with Crippen molar-refractivity contribution >= 4 is 60.8 Å². The molecule has 0 radical (unpaired) electrons. The van der Waals surface area contributed by atoms with Crippen LogP contribution in [0.3, 0.4) is 0 Å². The molecule has 0 fully saturated rings. The van der Waals surface area contributed by atoms with E-state index in [2.05, 4.69) is 131 Å². The lowest BCUT2D eigenvalue weighted by Gasteiger charge is -2.25. The standard InChI is InChI=1S/C51H30N4O/c52-30-32-23-26-45(43(31-53)48(32)49-39-20-9-7-17-36(39)37-18-8-10-21-40(37)49)55-44-27-24-35(54(33-13-3-1-4-14-33)34-15-5-2-6-16-34)29-42(44)50-46(55)28-25-41-38-19-11-12-22-47(38)56-51(41)50/h1-29,49H. The molecule has 0 spiro atoms. The first-order valence-corrected chi connectivity index (χ1v) is 18.7. The second-order valence-corrected chi connectivity index (χ2v) is 14.2. The molecule has 1 aliphatic carbocycles. The van der Waals surface area contributed by atoms with Crippen LogP contribution in [0.4, 0.5) is 17.1 Å². The van der Waals surface area contributed by atoms with E-state index in [1.54, 1.807) is 0 Å². The number of hydrogen-bond acceptors (Lipinski definition) is 4. The summed E-state index contributed by atoms with van der Waals surface area (Å²) in [5.74, 6) is -0.279. The summed E-state index contributed by atoms with van der Waals surface area (Å²) in [7, 11) is 0. The molecule has 0 atom stereocenters. The lowest BCUT2D eigenvalue weighted by molar-refractivity contribution is 0.673. The number of nitriles is 2. The fourth-order valence-corrected chi connectivity index (χ4v) is 9.05. The van der Waals surface area contributed by atoms with Crippen molar-refractivity contribution in [3.8, 4) is 29.0 Å². The Hall–Kier alpha value is -7.86. The molecule has 260 valence electrons. The molecule has 0 aliphatic heterocycles. The van der Waals surface area contributed by atoms with Crippen molar-refractivity contribution in [1.29, 1.82) is 10.5 Å². The summed E-state index contributed by atoms with van der Waals surface area (Å²) in [6, 6.07) is 65.3. The van der Waals surface area contributed by atoms with Gasteiger partial charge in [0.05, 0.1) is 39.3 Å². The molecule has 10 aromatic rings. The Balaban J connectivity index is 1.24. The Labute approximate surface area is 322 Å². The van der Waals surface area contributed by atoms with E-state index in [-0.39, 0.29) is 5.92 Å². The van der Waals surface area contributed by atoms with Gasteiger partial charge >= 0.3 is 0 Å². The van der Waals surface area contributed by atoms with Crippen molar-refractivity contribution in [2.75, 3.05) is 4.90 Å². The molecule has 11 rings (SSSR count). The van der Waals surface area contributed by atoms with E-state index in [0.29, 0.717) is 11.1 Å². The van der Waals surface area contributed by atoms with Gasteiger partial charge in [0.1, 0.15) is 17.2 Å². The van der Waals surface area contributed by atoms with Gasteiger partial charge in [-0.05, 0) is 95.1 Å². The van der Waals surface area contributed by atoms with Gasteiger partial charge in [-0.15, -0.1) is 0 Å². The zero-order valence-electron chi connectivity index (χ0n) is 30.0. The van der Waals surface area contributed by atoms with E-state index >= 15 is 0 Å². The summed E-state index contributed by atoms with van der Waals surface area (Å²) in [6.45, 7) is 0. The molecule has 2 aromatic heterocycles. The summed E-state index contributed by atoms with van der Waals surface area (Å²) >= 11 is 0. The molecule has 0 saturated carbocycles. The number of fused-ring (bicyclic) bond motifs is 10. The number of para-hydroxylation sites is 3. The lowest BCUT2D eigenvalue weighted by atomic mass is 9.83. The SMILES string of the molecule is N#Cc1ccc(-n2c3ccc(N(c4ccccc4)c4ccccc4)cc3c3c4oc5ccccc5c4ccc32)c(C#N)c1C1c2ccccc2-c2ccccc21. The Morgan fingerprint density at radius 1 is 0.518 bits per heavy atom. The summed E-state index contributed by atoms with van der Waals surface area (Å²) in [5, 5.41) is 25.9. The van der Waals surface area contributed by atoms with E-state index in [4.69, 9.17) is 4.42 Å². The molecule has 0 amide bonds. The average molecular weight is 715 g/mol. The topological polar surface area (TPSA) is 68.9 Å². The van der Waals surface area contributed by atoms with E-state index < -0.39 is 0 Å². The Kier molecular flexibility index (Phi) is 6.98. The average Bonchev–Trinajstić information content (AvgIpc) is 3.91. The Morgan fingerprint density at radius 3 is 1.82 bits per heavy atom. The molecule has 5 heteroatoms. The van der Waals surface area contributed by atoms with Crippen LogP contribution in [0, 0.1) is 22.7 Å². The second kappa shape index (κ2) is 12.4. The van der Waals surface area contributed by atoms with Crippen LogP contribution in [-0.2, 0) is 0 Å². The highest BCUT2D eigenvalue weighted by Crippen LogP contribution is 2.51. The highest BCUT2D eigenvalue weighted by molar-refractivity contribution is 6.24. The van der Waals surface area contributed by atoms with Gasteiger partial charge in [0.15, 0.2) is 0 Å².